The molecule has 1 atom stereocenters. The summed E-state index contributed by atoms with van der Waals surface area (Å²) in [5, 5.41) is 4.33. The van der Waals surface area contributed by atoms with Crippen LogP contribution in [0.5, 0.6) is 0 Å². The van der Waals surface area contributed by atoms with Gasteiger partial charge in [0.25, 0.3) is 5.91 Å². The molecule has 3 aromatic rings. The van der Waals surface area contributed by atoms with Gasteiger partial charge < -0.3 is 10.3 Å². The number of nitrogens with one attached hydrogen (secondary N) is 2. The average molecular weight is 397 g/mol. The van der Waals surface area contributed by atoms with Crippen molar-refractivity contribution >= 4 is 32.7 Å². The summed E-state index contributed by atoms with van der Waals surface area (Å²) >= 11 is 3.39. The summed E-state index contributed by atoms with van der Waals surface area (Å²) in [4.78, 5) is 15.9. The van der Waals surface area contributed by atoms with Gasteiger partial charge in [-0.15, -0.1) is 0 Å². The van der Waals surface area contributed by atoms with E-state index >= 15 is 0 Å². The Labute approximate surface area is 156 Å². The zero-order valence-corrected chi connectivity index (χ0v) is 15.8. The molecule has 1 heterocycles. The molecule has 3 nitrogen and oxygen atoms in total. The molecular weight excluding hydrogens is 376 g/mol. The molecular formula is C21H21BrN2O. The van der Waals surface area contributed by atoms with Gasteiger partial charge in [-0.3, -0.25) is 4.79 Å². The number of benzene rings is 2. The highest BCUT2D eigenvalue weighted by Gasteiger charge is 2.19. The van der Waals surface area contributed by atoms with Crippen LogP contribution in [0.4, 0.5) is 0 Å². The number of aromatic amines is 1. The zero-order valence-electron chi connectivity index (χ0n) is 14.2. The number of hydrogen-bond donors (Lipinski definition) is 2. The Morgan fingerprint density at radius 2 is 2.04 bits per heavy atom. The van der Waals surface area contributed by atoms with Crippen LogP contribution < -0.4 is 5.32 Å². The maximum atomic E-state index is 12.3. The Morgan fingerprint density at radius 1 is 1.24 bits per heavy atom. The third-order valence-corrected chi connectivity index (χ3v) is 5.59. The lowest BCUT2D eigenvalue weighted by Crippen LogP contribution is -2.22. The fraction of sp³-hybridized carbons (Fsp3) is 0.286. The van der Waals surface area contributed by atoms with Crippen molar-refractivity contribution in [2.24, 2.45) is 5.92 Å². The lowest BCUT2D eigenvalue weighted by Gasteiger charge is -2.18. The van der Waals surface area contributed by atoms with E-state index in [0.29, 0.717) is 12.1 Å². The van der Waals surface area contributed by atoms with Crippen molar-refractivity contribution in [3.63, 3.8) is 0 Å². The quantitative estimate of drug-likeness (QED) is 0.643. The minimum Gasteiger partial charge on any atom is -0.358 e. The van der Waals surface area contributed by atoms with Gasteiger partial charge >= 0.3 is 0 Å². The van der Waals surface area contributed by atoms with Gasteiger partial charge in [0, 0.05) is 33.2 Å². The fourth-order valence-corrected chi connectivity index (χ4v) is 3.90. The van der Waals surface area contributed by atoms with Crippen molar-refractivity contribution in [1.82, 2.24) is 10.3 Å². The van der Waals surface area contributed by atoms with Crippen LogP contribution in [0.3, 0.4) is 0 Å². The van der Waals surface area contributed by atoms with Crippen molar-refractivity contribution in [2.75, 3.05) is 0 Å². The topological polar surface area (TPSA) is 44.9 Å². The molecule has 0 radical (unpaired) electrons. The first-order valence-electron chi connectivity index (χ1n) is 8.76. The first-order valence-corrected chi connectivity index (χ1v) is 9.55. The van der Waals surface area contributed by atoms with Crippen molar-refractivity contribution in [3.05, 3.63) is 69.3 Å². The van der Waals surface area contributed by atoms with E-state index in [4.69, 9.17) is 0 Å². The van der Waals surface area contributed by atoms with Gasteiger partial charge in [-0.2, -0.15) is 0 Å². The largest absolute Gasteiger partial charge is 0.358 e. The van der Waals surface area contributed by atoms with Crippen LogP contribution in [0.15, 0.2) is 46.9 Å². The first-order chi connectivity index (χ1) is 12.1. The average Bonchev–Trinajstić information content (AvgIpc) is 2.97. The van der Waals surface area contributed by atoms with Gasteiger partial charge in [-0.05, 0) is 72.7 Å². The number of amides is 1. The first kappa shape index (κ1) is 16.4. The Balaban J connectivity index is 1.53. The van der Waals surface area contributed by atoms with E-state index in [1.165, 1.54) is 28.6 Å². The van der Waals surface area contributed by atoms with Gasteiger partial charge in [-0.1, -0.05) is 28.9 Å². The lowest BCUT2D eigenvalue weighted by atomic mass is 9.87. The standard InChI is InChI=1S/C21H21BrN2O/c1-13-2-8-19-17(10-13)18-11-14(3-9-20(18)24-19)12-23-21(25)15-4-6-16(22)7-5-15/h3-7,9,11,13,24H,2,8,10,12H2,1H3,(H,23,25)/t13-/m1/s1. The van der Waals surface area contributed by atoms with Gasteiger partial charge in [0.1, 0.15) is 0 Å². The molecule has 0 saturated heterocycles. The molecule has 1 aromatic heterocycles. The van der Waals surface area contributed by atoms with Gasteiger partial charge in [0.15, 0.2) is 0 Å². The number of carbonyl (C=O) groups is 1. The van der Waals surface area contributed by atoms with Crippen LogP contribution in [-0.4, -0.2) is 10.9 Å². The second-order valence-electron chi connectivity index (χ2n) is 7.00. The maximum Gasteiger partial charge on any atom is 0.251 e. The molecule has 1 amide bonds. The molecule has 0 saturated carbocycles. The van der Waals surface area contributed by atoms with E-state index in [2.05, 4.69) is 51.4 Å². The molecule has 2 aromatic carbocycles. The third-order valence-electron chi connectivity index (χ3n) is 5.06. The van der Waals surface area contributed by atoms with Gasteiger partial charge in [0.05, 0.1) is 0 Å². The zero-order chi connectivity index (χ0) is 17.4. The molecule has 0 spiro atoms. The third kappa shape index (κ3) is 3.36. The van der Waals surface area contributed by atoms with E-state index in [0.717, 1.165) is 28.8 Å². The Hall–Kier alpha value is -2.07. The number of H-pyrrole nitrogens is 1. The molecule has 4 heteroatoms. The highest BCUT2D eigenvalue weighted by molar-refractivity contribution is 9.10. The molecule has 0 fully saturated rings. The SMILES string of the molecule is C[C@@H]1CCc2[nH]c3ccc(CNC(=O)c4ccc(Br)cc4)cc3c2C1. The summed E-state index contributed by atoms with van der Waals surface area (Å²) in [5.41, 5.74) is 5.89. The number of hydrogen-bond acceptors (Lipinski definition) is 1. The van der Waals surface area contributed by atoms with Crippen LogP contribution in [-0.2, 0) is 19.4 Å². The second kappa shape index (κ2) is 6.68. The fourth-order valence-electron chi connectivity index (χ4n) is 3.63. The van der Waals surface area contributed by atoms with E-state index < -0.39 is 0 Å². The van der Waals surface area contributed by atoms with Crippen LogP contribution in [0.2, 0.25) is 0 Å². The molecule has 2 N–H and O–H groups in total. The van der Waals surface area contributed by atoms with Crippen molar-refractivity contribution < 1.29 is 4.79 Å². The van der Waals surface area contributed by atoms with Crippen molar-refractivity contribution in [2.45, 2.75) is 32.7 Å². The minimum atomic E-state index is -0.0442. The summed E-state index contributed by atoms with van der Waals surface area (Å²) in [5.74, 6) is 0.699. The summed E-state index contributed by atoms with van der Waals surface area (Å²) in [7, 11) is 0. The maximum absolute atomic E-state index is 12.3. The molecule has 4 rings (SSSR count). The normalized spacial score (nSPS) is 16.6. The number of rotatable bonds is 3. The van der Waals surface area contributed by atoms with Crippen LogP contribution in [0.25, 0.3) is 10.9 Å². The summed E-state index contributed by atoms with van der Waals surface area (Å²) in [6, 6.07) is 13.9. The van der Waals surface area contributed by atoms with Crippen LogP contribution in [0, 0.1) is 5.92 Å². The molecule has 1 aliphatic rings. The molecule has 0 bridgehead atoms. The number of aromatic nitrogens is 1. The predicted octanol–water partition coefficient (Wildman–Crippen LogP) is 4.99. The van der Waals surface area contributed by atoms with Crippen molar-refractivity contribution in [1.29, 1.82) is 0 Å². The number of halogens is 1. The van der Waals surface area contributed by atoms with E-state index in [9.17, 15) is 4.79 Å². The molecule has 128 valence electrons. The summed E-state index contributed by atoms with van der Waals surface area (Å²) in [6.07, 6.45) is 3.54. The van der Waals surface area contributed by atoms with Crippen LogP contribution in [0.1, 0.15) is 40.5 Å². The Morgan fingerprint density at radius 3 is 2.84 bits per heavy atom. The lowest BCUT2D eigenvalue weighted by molar-refractivity contribution is 0.0951. The van der Waals surface area contributed by atoms with Gasteiger partial charge in [-0.25, -0.2) is 0 Å². The monoisotopic (exact) mass is 396 g/mol. The minimum absolute atomic E-state index is 0.0442. The molecule has 0 unspecified atom stereocenters. The van der Waals surface area contributed by atoms with E-state index in [-0.39, 0.29) is 5.91 Å². The molecule has 1 aliphatic carbocycles. The summed E-state index contributed by atoms with van der Waals surface area (Å²) in [6.45, 7) is 2.87. The Bertz CT molecular complexity index is 927. The predicted molar refractivity (Wildman–Crippen MR) is 105 cm³/mol. The molecule has 25 heavy (non-hydrogen) atoms. The highest BCUT2D eigenvalue weighted by Crippen LogP contribution is 2.32. The van der Waals surface area contributed by atoms with Crippen molar-refractivity contribution in [3.8, 4) is 0 Å². The van der Waals surface area contributed by atoms with Gasteiger partial charge in [0.2, 0.25) is 0 Å². The van der Waals surface area contributed by atoms with E-state index in [1.807, 2.05) is 24.3 Å². The number of carbonyl (C=O) groups excluding carboxylic acids is 1. The van der Waals surface area contributed by atoms with E-state index in [1.54, 1.807) is 0 Å². The second-order valence-corrected chi connectivity index (χ2v) is 7.92. The smallest absolute Gasteiger partial charge is 0.251 e. The molecule has 0 aliphatic heterocycles. The summed E-state index contributed by atoms with van der Waals surface area (Å²) < 4.78 is 0.973. The number of fused-ring (bicyclic) bond motifs is 3. The van der Waals surface area contributed by atoms with Crippen LogP contribution >= 0.6 is 15.9 Å². The highest BCUT2D eigenvalue weighted by atomic mass is 79.9. The Kier molecular flexibility index (Phi) is 4.38. The number of aryl methyl sites for hydroxylation is 1.